The molecule has 0 bridgehead atoms. The molecule has 1 heterocycles. The van der Waals surface area contributed by atoms with Crippen LogP contribution in [0.1, 0.15) is 48.5 Å². The molecule has 0 unspecified atom stereocenters. The van der Waals surface area contributed by atoms with Crippen LogP contribution in [-0.4, -0.2) is 62.1 Å². The van der Waals surface area contributed by atoms with Gasteiger partial charge in [0.1, 0.15) is 22.9 Å². The smallest absolute Gasteiger partial charge is 0.322 e. The van der Waals surface area contributed by atoms with Gasteiger partial charge in [-0.3, -0.25) is 14.4 Å². The van der Waals surface area contributed by atoms with Gasteiger partial charge in [0.15, 0.2) is 5.82 Å². The third-order valence-electron chi connectivity index (χ3n) is 7.31. The van der Waals surface area contributed by atoms with E-state index in [1.807, 2.05) is 31.2 Å². The van der Waals surface area contributed by atoms with Crippen LogP contribution < -0.4 is 20.5 Å². The average Bonchev–Trinajstić information content (AvgIpc) is 2.97. The Balaban J connectivity index is 1.31. The Hall–Kier alpha value is -4.23. The largest absolute Gasteiger partial charge is 0.457 e. The van der Waals surface area contributed by atoms with Gasteiger partial charge in [-0.2, -0.15) is 0 Å². The number of unbranched alkanes of at least 4 members (excludes halogenated alkanes) is 1. The number of halogens is 2. The lowest BCUT2D eigenvalue weighted by Gasteiger charge is -2.38. The molecule has 3 aromatic rings. The molecule has 44 heavy (non-hydrogen) atoms. The number of rotatable bonds is 12. The summed E-state index contributed by atoms with van der Waals surface area (Å²) in [6.07, 6.45) is 4.17. The van der Waals surface area contributed by atoms with Crippen LogP contribution >= 0.6 is 0 Å². The molecule has 4 N–H and O–H groups in total. The molecule has 0 aromatic heterocycles. The van der Waals surface area contributed by atoms with E-state index < -0.39 is 39.2 Å². The Labute approximate surface area is 256 Å². The van der Waals surface area contributed by atoms with Crippen LogP contribution in [0.4, 0.5) is 25.0 Å². The number of benzene rings is 3. The summed E-state index contributed by atoms with van der Waals surface area (Å²) in [5.41, 5.74) is 5.49. The van der Waals surface area contributed by atoms with E-state index in [0.29, 0.717) is 23.7 Å². The number of urea groups is 1. The van der Waals surface area contributed by atoms with E-state index in [4.69, 9.17) is 10.5 Å². The molecule has 0 aliphatic carbocycles. The molecule has 10 nitrogen and oxygen atoms in total. The molecule has 0 saturated carbocycles. The van der Waals surface area contributed by atoms with Crippen LogP contribution in [0.5, 0.6) is 11.5 Å². The predicted molar refractivity (Wildman–Crippen MR) is 165 cm³/mol. The molecule has 1 aliphatic heterocycles. The number of hydrogen-bond acceptors (Lipinski definition) is 6. The fraction of sp³-hybridized carbons (Fsp3) is 0.355. The minimum Gasteiger partial charge on any atom is -0.457 e. The van der Waals surface area contributed by atoms with Crippen LogP contribution in [0.3, 0.4) is 0 Å². The second-order valence-corrected chi connectivity index (χ2v) is 12.5. The first kappa shape index (κ1) is 32.7. The number of hydrogen-bond donors (Lipinski definition) is 3. The second kappa shape index (κ2) is 14.5. The zero-order chi connectivity index (χ0) is 31.9. The van der Waals surface area contributed by atoms with Crippen molar-refractivity contribution < 1.29 is 31.5 Å². The molecule has 13 heteroatoms. The lowest BCUT2D eigenvalue weighted by atomic mass is 10.0. The summed E-state index contributed by atoms with van der Waals surface area (Å²) in [6, 6.07) is 15.8. The Morgan fingerprint density at radius 3 is 2.18 bits per heavy atom. The normalized spacial score (nSPS) is 14.2. The Morgan fingerprint density at radius 1 is 1.00 bits per heavy atom. The van der Waals surface area contributed by atoms with Gasteiger partial charge in [-0.1, -0.05) is 25.5 Å². The quantitative estimate of drug-likeness (QED) is 0.241. The highest BCUT2D eigenvalue weighted by Crippen LogP contribution is 2.26. The van der Waals surface area contributed by atoms with E-state index in [-0.39, 0.29) is 11.7 Å². The number of likely N-dealkylation sites (tertiary alicyclic amines) is 1. The summed E-state index contributed by atoms with van der Waals surface area (Å²) >= 11 is 0. The number of piperidine rings is 1. The van der Waals surface area contributed by atoms with Crippen molar-refractivity contribution in [3.05, 3.63) is 83.4 Å². The van der Waals surface area contributed by atoms with Crippen molar-refractivity contribution in [3.8, 4) is 11.5 Å². The number of anilines is 2. The third-order valence-corrected chi connectivity index (χ3v) is 7.92. The third kappa shape index (κ3) is 8.89. The van der Waals surface area contributed by atoms with E-state index in [1.165, 1.54) is 0 Å². The molecule has 0 spiro atoms. The van der Waals surface area contributed by atoms with Gasteiger partial charge in [0, 0.05) is 37.9 Å². The molecule has 3 aromatic carbocycles. The van der Waals surface area contributed by atoms with Crippen molar-refractivity contribution >= 4 is 33.3 Å². The van der Waals surface area contributed by atoms with Crippen molar-refractivity contribution in [2.75, 3.05) is 35.9 Å². The van der Waals surface area contributed by atoms with E-state index in [0.717, 1.165) is 69.3 Å². The van der Waals surface area contributed by atoms with Gasteiger partial charge in [-0.25, -0.2) is 22.0 Å². The van der Waals surface area contributed by atoms with E-state index >= 15 is 0 Å². The number of ether oxygens (including phenoxy) is 1. The molecule has 4 rings (SSSR count). The maximum absolute atomic E-state index is 14.7. The average molecular weight is 630 g/mol. The molecule has 1 fully saturated rings. The molecule has 0 radical (unpaired) electrons. The number of nitrogens with one attached hydrogen (secondary N) is 2. The van der Waals surface area contributed by atoms with Crippen LogP contribution in [0, 0.1) is 11.6 Å². The highest BCUT2D eigenvalue weighted by Gasteiger charge is 2.29. The van der Waals surface area contributed by atoms with Crippen molar-refractivity contribution in [2.24, 2.45) is 5.73 Å². The molecule has 3 amide bonds. The molecular weight excluding hydrogens is 592 g/mol. The number of sulfonamides is 1. The molecule has 236 valence electrons. The Kier molecular flexibility index (Phi) is 10.8. The van der Waals surface area contributed by atoms with Gasteiger partial charge >= 0.3 is 6.03 Å². The van der Waals surface area contributed by atoms with Gasteiger partial charge in [0.05, 0.1) is 11.9 Å². The number of nitrogens with zero attached hydrogens (tertiary/aromatic N) is 2. The summed E-state index contributed by atoms with van der Waals surface area (Å²) in [7, 11) is -3.35. The zero-order valence-corrected chi connectivity index (χ0v) is 25.5. The molecule has 1 saturated heterocycles. The van der Waals surface area contributed by atoms with Crippen LogP contribution in [0.2, 0.25) is 0 Å². The standard InChI is InChI=1S/C31H37F2N5O5S/c1-3-4-17-38(31(40)35-27-14-13-26(32)28(29(27)33)30(34)39)23-15-18-37(19-16-23)20-21-5-9-24(10-6-21)43-25-11-7-22(8-12-25)36-44(2,41)42/h5-14,23,36H,3-4,15-20H2,1-2H3,(H2,34,39)(H,35,40). The van der Waals surface area contributed by atoms with Crippen LogP contribution in [0.25, 0.3) is 0 Å². The fourth-order valence-corrected chi connectivity index (χ4v) is 5.66. The Morgan fingerprint density at radius 2 is 1.61 bits per heavy atom. The Bertz CT molecular complexity index is 1560. The fourth-order valence-electron chi connectivity index (χ4n) is 5.09. The van der Waals surface area contributed by atoms with Crippen molar-refractivity contribution in [2.45, 2.75) is 45.2 Å². The van der Waals surface area contributed by atoms with Gasteiger partial charge < -0.3 is 20.7 Å². The number of nitrogens with two attached hydrogens (primary N) is 1. The summed E-state index contributed by atoms with van der Waals surface area (Å²) in [6.45, 7) is 4.73. The first-order valence-electron chi connectivity index (χ1n) is 14.4. The predicted octanol–water partition coefficient (Wildman–Crippen LogP) is 5.53. The lowest BCUT2D eigenvalue weighted by molar-refractivity contribution is 0.0992. The number of carbonyl (C=O) groups excluding carboxylic acids is 2. The maximum Gasteiger partial charge on any atom is 0.322 e. The summed E-state index contributed by atoms with van der Waals surface area (Å²) in [5, 5.41) is 2.51. The first-order valence-corrected chi connectivity index (χ1v) is 16.2. The molecule has 1 aliphatic rings. The first-order chi connectivity index (χ1) is 20.9. The van der Waals surface area contributed by atoms with Crippen LogP contribution in [0.15, 0.2) is 60.7 Å². The highest BCUT2D eigenvalue weighted by molar-refractivity contribution is 7.92. The van der Waals surface area contributed by atoms with Crippen molar-refractivity contribution in [1.29, 1.82) is 0 Å². The summed E-state index contributed by atoms with van der Waals surface area (Å²) in [4.78, 5) is 28.7. The topological polar surface area (TPSA) is 134 Å². The number of amides is 3. The summed E-state index contributed by atoms with van der Waals surface area (Å²) < 4.78 is 59.7. The highest BCUT2D eigenvalue weighted by atomic mass is 32.2. The van der Waals surface area contributed by atoms with Crippen molar-refractivity contribution in [1.82, 2.24) is 9.80 Å². The van der Waals surface area contributed by atoms with E-state index in [9.17, 15) is 26.8 Å². The monoisotopic (exact) mass is 629 g/mol. The number of carbonyl (C=O) groups is 2. The van der Waals surface area contributed by atoms with Gasteiger partial charge in [-0.05, 0) is 73.4 Å². The molecular formula is C31H37F2N5O5S. The minimum atomic E-state index is -3.35. The zero-order valence-electron chi connectivity index (χ0n) is 24.7. The minimum absolute atomic E-state index is 0.0632. The van der Waals surface area contributed by atoms with E-state index in [1.54, 1.807) is 29.2 Å². The SMILES string of the molecule is CCCCN(C(=O)Nc1ccc(F)c(C(N)=O)c1F)C1CCN(Cc2ccc(Oc3ccc(NS(C)(=O)=O)cc3)cc2)CC1. The van der Waals surface area contributed by atoms with E-state index in [2.05, 4.69) is 14.9 Å². The maximum atomic E-state index is 14.7. The van der Waals surface area contributed by atoms with Gasteiger partial charge in [0.25, 0.3) is 5.91 Å². The van der Waals surface area contributed by atoms with Gasteiger partial charge in [-0.15, -0.1) is 0 Å². The lowest BCUT2D eigenvalue weighted by Crippen LogP contribution is -2.49. The second-order valence-electron chi connectivity index (χ2n) is 10.8. The van der Waals surface area contributed by atoms with Crippen molar-refractivity contribution in [3.63, 3.8) is 0 Å². The molecule has 0 atom stereocenters. The summed E-state index contributed by atoms with van der Waals surface area (Å²) in [5.74, 6) is -2.29. The number of primary amides is 1. The van der Waals surface area contributed by atoms with Crippen LogP contribution in [-0.2, 0) is 16.6 Å². The van der Waals surface area contributed by atoms with Gasteiger partial charge in [0.2, 0.25) is 10.0 Å².